The molecule has 94 valence electrons. The van der Waals surface area contributed by atoms with Crippen molar-refractivity contribution in [3.8, 4) is 17.3 Å². The van der Waals surface area contributed by atoms with Crippen LogP contribution < -0.4 is 10.5 Å². The highest BCUT2D eigenvalue weighted by molar-refractivity contribution is 5.56. The van der Waals surface area contributed by atoms with Crippen LogP contribution in [0.2, 0.25) is 0 Å². The summed E-state index contributed by atoms with van der Waals surface area (Å²) in [6, 6.07) is 1.72. The van der Waals surface area contributed by atoms with Gasteiger partial charge in [-0.1, -0.05) is 0 Å². The summed E-state index contributed by atoms with van der Waals surface area (Å²) in [5.41, 5.74) is 7.41. The average molecular weight is 247 g/mol. The fourth-order valence-electron chi connectivity index (χ4n) is 1.85. The Hall–Kier alpha value is -2.28. The van der Waals surface area contributed by atoms with E-state index in [0.717, 1.165) is 23.6 Å². The van der Waals surface area contributed by atoms with Crippen LogP contribution in [0.15, 0.2) is 23.0 Å². The summed E-state index contributed by atoms with van der Waals surface area (Å²) in [6.07, 6.45) is 4.49. The van der Waals surface area contributed by atoms with Crippen molar-refractivity contribution in [3.05, 3.63) is 24.2 Å². The maximum absolute atomic E-state index is 5.55. The van der Waals surface area contributed by atoms with Crippen molar-refractivity contribution in [2.24, 2.45) is 5.73 Å². The van der Waals surface area contributed by atoms with E-state index in [-0.39, 0.29) is 0 Å². The van der Waals surface area contributed by atoms with E-state index in [1.165, 1.54) is 0 Å². The van der Waals surface area contributed by atoms with Crippen LogP contribution in [0.25, 0.3) is 17.2 Å². The Bertz CT molecular complexity index is 666. The number of hydrogen-bond acceptors (Lipinski definition) is 5. The third kappa shape index (κ3) is 1.65. The normalized spacial score (nSPS) is 11.2. The molecule has 3 heterocycles. The minimum atomic E-state index is 0.444. The summed E-state index contributed by atoms with van der Waals surface area (Å²) in [6.45, 7) is 0.588. The fraction of sp³-hybridized carbons (Fsp3) is 0.273. The number of nitrogens with zero attached hydrogens (tertiary/aromatic N) is 3. The van der Waals surface area contributed by atoms with Crippen LogP contribution in [0.4, 0.5) is 0 Å². The number of hydrogen-bond donors (Lipinski definition) is 2. The molecule has 3 aromatic heterocycles. The van der Waals surface area contributed by atoms with Crippen molar-refractivity contribution in [2.75, 3.05) is 13.7 Å². The van der Waals surface area contributed by atoms with E-state index >= 15 is 0 Å². The molecular formula is C11H13N5O2. The second-order valence-corrected chi connectivity index (χ2v) is 3.88. The number of nitrogens with one attached hydrogen (secondary N) is 1. The molecule has 7 heteroatoms. The number of fused-ring (bicyclic) bond motifs is 1. The van der Waals surface area contributed by atoms with Gasteiger partial charge in [-0.3, -0.25) is 4.40 Å². The number of nitrogens with two attached hydrogens (primary N) is 1. The number of rotatable bonds is 4. The first-order valence-corrected chi connectivity index (χ1v) is 5.58. The van der Waals surface area contributed by atoms with Gasteiger partial charge in [0.15, 0.2) is 5.76 Å². The fourth-order valence-corrected chi connectivity index (χ4v) is 1.85. The van der Waals surface area contributed by atoms with Gasteiger partial charge in [-0.15, -0.1) is 0 Å². The van der Waals surface area contributed by atoms with Gasteiger partial charge in [-0.25, -0.2) is 4.98 Å². The summed E-state index contributed by atoms with van der Waals surface area (Å²) in [5, 5.41) is 3.76. The predicted molar refractivity (Wildman–Crippen MR) is 64.4 cm³/mol. The van der Waals surface area contributed by atoms with Crippen LogP contribution in [0.1, 0.15) is 5.69 Å². The highest BCUT2D eigenvalue weighted by Gasteiger charge is 2.12. The lowest BCUT2D eigenvalue weighted by atomic mass is 10.3. The van der Waals surface area contributed by atoms with Crippen molar-refractivity contribution in [3.63, 3.8) is 0 Å². The van der Waals surface area contributed by atoms with Crippen molar-refractivity contribution >= 4 is 5.78 Å². The van der Waals surface area contributed by atoms with Gasteiger partial charge in [0.1, 0.15) is 5.69 Å². The molecule has 3 rings (SSSR count). The summed E-state index contributed by atoms with van der Waals surface area (Å²) in [4.78, 5) is 7.42. The van der Waals surface area contributed by atoms with Gasteiger partial charge in [-0.2, -0.15) is 0 Å². The first kappa shape index (κ1) is 10.8. The zero-order valence-electron chi connectivity index (χ0n) is 9.88. The Labute approximate surface area is 103 Å². The molecule has 3 N–H and O–H groups in total. The van der Waals surface area contributed by atoms with E-state index in [1.54, 1.807) is 13.2 Å². The summed E-state index contributed by atoms with van der Waals surface area (Å²) in [5.74, 6) is 1.80. The zero-order chi connectivity index (χ0) is 12.5. The molecule has 0 fully saturated rings. The number of methoxy groups -OCH3 is 1. The second kappa shape index (κ2) is 4.19. The second-order valence-electron chi connectivity index (χ2n) is 3.88. The molecular weight excluding hydrogens is 234 g/mol. The summed E-state index contributed by atoms with van der Waals surface area (Å²) in [7, 11) is 1.54. The molecule has 0 aliphatic rings. The molecule has 0 saturated heterocycles. The van der Waals surface area contributed by atoms with Crippen molar-refractivity contribution in [2.45, 2.75) is 6.42 Å². The largest absolute Gasteiger partial charge is 0.479 e. The summed E-state index contributed by atoms with van der Waals surface area (Å²) < 4.78 is 12.1. The molecule has 18 heavy (non-hydrogen) atoms. The quantitative estimate of drug-likeness (QED) is 0.712. The van der Waals surface area contributed by atoms with Gasteiger partial charge >= 0.3 is 0 Å². The van der Waals surface area contributed by atoms with Crippen LogP contribution in [-0.4, -0.2) is 33.2 Å². The van der Waals surface area contributed by atoms with Crippen LogP contribution in [0.3, 0.4) is 0 Å². The Morgan fingerprint density at radius 1 is 1.56 bits per heavy atom. The molecule has 0 aliphatic carbocycles. The third-order valence-electron chi connectivity index (χ3n) is 2.74. The molecule has 0 atom stereocenters. The van der Waals surface area contributed by atoms with Crippen molar-refractivity contribution < 1.29 is 9.26 Å². The lowest BCUT2D eigenvalue weighted by Crippen LogP contribution is -2.04. The molecule has 0 saturated carbocycles. The smallest absolute Gasteiger partial charge is 0.254 e. The van der Waals surface area contributed by atoms with E-state index < -0.39 is 0 Å². The van der Waals surface area contributed by atoms with E-state index in [1.807, 2.05) is 16.8 Å². The van der Waals surface area contributed by atoms with Gasteiger partial charge in [0, 0.05) is 18.3 Å². The molecule has 7 nitrogen and oxygen atoms in total. The average Bonchev–Trinajstić information content (AvgIpc) is 3.04. The van der Waals surface area contributed by atoms with Crippen LogP contribution in [-0.2, 0) is 6.42 Å². The van der Waals surface area contributed by atoms with Crippen molar-refractivity contribution in [1.29, 1.82) is 0 Å². The predicted octanol–water partition coefficient (Wildman–Crippen LogP) is 0.827. The van der Waals surface area contributed by atoms with Gasteiger partial charge in [0.25, 0.3) is 5.88 Å². The van der Waals surface area contributed by atoms with E-state index in [0.29, 0.717) is 18.2 Å². The van der Waals surface area contributed by atoms with Crippen LogP contribution >= 0.6 is 0 Å². The molecule has 0 spiro atoms. The minimum Gasteiger partial charge on any atom is -0.479 e. The molecule has 0 aliphatic heterocycles. The Morgan fingerprint density at radius 2 is 2.44 bits per heavy atom. The van der Waals surface area contributed by atoms with Gasteiger partial charge < -0.3 is 20.0 Å². The maximum atomic E-state index is 5.55. The number of aromatic amines is 1. The number of aromatic nitrogens is 4. The van der Waals surface area contributed by atoms with Gasteiger partial charge in [-0.05, 0) is 11.7 Å². The lowest BCUT2D eigenvalue weighted by molar-refractivity contribution is 0.342. The van der Waals surface area contributed by atoms with Crippen LogP contribution in [0.5, 0.6) is 5.88 Å². The maximum Gasteiger partial charge on any atom is 0.254 e. The third-order valence-corrected chi connectivity index (χ3v) is 2.74. The number of ether oxygens (including phenoxy) is 1. The van der Waals surface area contributed by atoms with Crippen molar-refractivity contribution in [1.82, 2.24) is 19.5 Å². The molecule has 0 amide bonds. The molecule has 0 aromatic carbocycles. The molecule has 3 aromatic rings. The Balaban J connectivity index is 2.02. The highest BCUT2D eigenvalue weighted by atomic mass is 16.5. The van der Waals surface area contributed by atoms with Gasteiger partial charge in [0.05, 0.1) is 19.4 Å². The minimum absolute atomic E-state index is 0.444. The Morgan fingerprint density at radius 3 is 3.17 bits per heavy atom. The first-order chi connectivity index (χ1) is 8.81. The monoisotopic (exact) mass is 247 g/mol. The lowest BCUT2D eigenvalue weighted by Gasteiger charge is -1.93. The van der Waals surface area contributed by atoms with E-state index in [2.05, 4.69) is 15.1 Å². The zero-order valence-corrected chi connectivity index (χ0v) is 9.88. The number of H-pyrrole nitrogens is 1. The standard InChI is InChI=1S/C11H13N5O2/c1-17-10-4-9(18-15-10)8-6-16-7(2-3-12)5-13-11(16)14-8/h4-6H,2-3,12H2,1H3,(H,13,14). The molecule has 0 unspecified atom stereocenters. The first-order valence-electron chi connectivity index (χ1n) is 5.58. The SMILES string of the molecule is COc1cc(-c2cn3c(CCN)cnc3[nH]2)on1. The Kier molecular flexibility index (Phi) is 2.52. The topological polar surface area (TPSA) is 94.4 Å². The molecule has 0 bridgehead atoms. The molecule has 0 radical (unpaired) electrons. The van der Waals surface area contributed by atoms with E-state index in [9.17, 15) is 0 Å². The highest BCUT2D eigenvalue weighted by Crippen LogP contribution is 2.23. The number of imidazole rings is 2. The van der Waals surface area contributed by atoms with Gasteiger partial charge in [0.2, 0.25) is 5.78 Å². The van der Waals surface area contributed by atoms with E-state index in [4.69, 9.17) is 15.0 Å². The van der Waals surface area contributed by atoms with Crippen LogP contribution in [0, 0.1) is 0 Å². The summed E-state index contributed by atoms with van der Waals surface area (Å²) >= 11 is 0.